The molecular formula is C12H16N2O5. The first-order chi connectivity index (χ1) is 8.99. The molecule has 7 heteroatoms. The van der Waals surface area contributed by atoms with Crippen LogP contribution in [-0.4, -0.2) is 40.3 Å². The number of allylic oxidation sites excluding steroid dienone is 1. The maximum Gasteiger partial charge on any atom is 0.326 e. The number of carbonyl (C=O) groups excluding carboxylic acids is 1. The molecule has 0 fully saturated rings. The number of carboxylic acid groups (broad SMARTS) is 2. The number of aliphatic carboxylic acids is 2. The topological polar surface area (TPSA) is 116 Å². The van der Waals surface area contributed by atoms with E-state index in [2.05, 4.69) is 10.3 Å². The Morgan fingerprint density at radius 2 is 2.05 bits per heavy atom. The van der Waals surface area contributed by atoms with Gasteiger partial charge in [0.15, 0.2) is 0 Å². The van der Waals surface area contributed by atoms with Gasteiger partial charge in [-0.1, -0.05) is 6.08 Å². The van der Waals surface area contributed by atoms with Crippen molar-refractivity contribution in [3.8, 4) is 0 Å². The second-order valence-corrected chi connectivity index (χ2v) is 4.15. The van der Waals surface area contributed by atoms with Gasteiger partial charge in [-0.2, -0.15) is 0 Å². The summed E-state index contributed by atoms with van der Waals surface area (Å²) in [5, 5.41) is 19.8. The number of carbonyl (C=O) groups is 3. The summed E-state index contributed by atoms with van der Waals surface area (Å²) in [6, 6.07) is -1.03. The third kappa shape index (κ3) is 5.80. The number of nitrogens with zero attached hydrogens (tertiary/aromatic N) is 1. The number of amides is 1. The van der Waals surface area contributed by atoms with E-state index in [-0.39, 0.29) is 25.7 Å². The van der Waals surface area contributed by atoms with Crippen molar-refractivity contribution in [2.24, 2.45) is 4.99 Å². The second-order valence-electron chi connectivity index (χ2n) is 4.15. The molecule has 0 bridgehead atoms. The highest BCUT2D eigenvalue weighted by molar-refractivity contribution is 5.84. The van der Waals surface area contributed by atoms with Crippen LogP contribution < -0.4 is 5.32 Å². The van der Waals surface area contributed by atoms with Crippen molar-refractivity contribution in [2.45, 2.75) is 38.1 Å². The molecule has 0 aromatic heterocycles. The van der Waals surface area contributed by atoms with E-state index in [4.69, 9.17) is 10.2 Å². The fourth-order valence-corrected chi connectivity index (χ4v) is 1.62. The highest BCUT2D eigenvalue weighted by Gasteiger charge is 2.21. The van der Waals surface area contributed by atoms with Crippen LogP contribution in [0.15, 0.2) is 16.8 Å². The molecule has 1 aliphatic rings. The van der Waals surface area contributed by atoms with Crippen LogP contribution in [0.1, 0.15) is 32.1 Å². The van der Waals surface area contributed by atoms with E-state index in [0.717, 1.165) is 0 Å². The molecule has 1 rings (SSSR count). The Hall–Kier alpha value is -2.18. The minimum Gasteiger partial charge on any atom is -0.481 e. The van der Waals surface area contributed by atoms with Crippen LogP contribution in [0.25, 0.3) is 0 Å². The van der Waals surface area contributed by atoms with Gasteiger partial charge < -0.3 is 15.5 Å². The van der Waals surface area contributed by atoms with Gasteiger partial charge in [-0.25, -0.2) is 4.79 Å². The Bertz CT molecular complexity index is 428. The highest BCUT2D eigenvalue weighted by atomic mass is 16.4. The second kappa shape index (κ2) is 7.30. The molecule has 0 spiro atoms. The summed E-state index contributed by atoms with van der Waals surface area (Å²) in [6.45, 7) is 0. The summed E-state index contributed by atoms with van der Waals surface area (Å²) < 4.78 is 0. The Morgan fingerprint density at radius 1 is 1.32 bits per heavy atom. The number of hydrogen-bond donors (Lipinski definition) is 3. The molecule has 0 aromatic carbocycles. The van der Waals surface area contributed by atoms with Gasteiger partial charge in [-0.15, -0.1) is 0 Å². The Morgan fingerprint density at radius 3 is 2.58 bits per heavy atom. The molecule has 0 saturated heterocycles. The molecule has 1 heterocycles. The van der Waals surface area contributed by atoms with Crippen LogP contribution in [0, 0.1) is 0 Å². The van der Waals surface area contributed by atoms with Crippen molar-refractivity contribution < 1.29 is 24.6 Å². The predicted octanol–water partition coefficient (Wildman–Crippen LogP) is 0.559. The van der Waals surface area contributed by atoms with Gasteiger partial charge in [0.2, 0.25) is 5.91 Å². The lowest BCUT2D eigenvalue weighted by atomic mass is 10.1. The molecule has 0 saturated carbocycles. The molecule has 104 valence electrons. The molecular weight excluding hydrogens is 252 g/mol. The first kappa shape index (κ1) is 14.9. The number of nitrogens with one attached hydrogen (secondary N) is 1. The number of hydrogen-bond acceptors (Lipinski definition) is 4. The van der Waals surface area contributed by atoms with E-state index in [1.807, 2.05) is 0 Å². The van der Waals surface area contributed by atoms with E-state index in [0.29, 0.717) is 12.1 Å². The minimum absolute atomic E-state index is 0.00159. The summed E-state index contributed by atoms with van der Waals surface area (Å²) in [5.74, 6) is -2.57. The molecule has 3 N–H and O–H groups in total. The van der Waals surface area contributed by atoms with Crippen LogP contribution in [0.3, 0.4) is 0 Å². The number of carboxylic acids is 2. The van der Waals surface area contributed by atoms with Crippen molar-refractivity contribution in [1.29, 1.82) is 0 Å². The van der Waals surface area contributed by atoms with Gasteiger partial charge in [0, 0.05) is 37.6 Å². The van der Waals surface area contributed by atoms with Crippen LogP contribution in [-0.2, 0) is 14.4 Å². The predicted molar refractivity (Wildman–Crippen MR) is 66.9 cm³/mol. The zero-order chi connectivity index (χ0) is 14.3. The fourth-order valence-electron chi connectivity index (χ4n) is 1.62. The summed E-state index contributed by atoms with van der Waals surface area (Å²) in [5.41, 5.74) is 0.637. The zero-order valence-corrected chi connectivity index (χ0v) is 10.3. The summed E-state index contributed by atoms with van der Waals surface area (Å²) in [4.78, 5) is 36.8. The Kier molecular flexibility index (Phi) is 5.72. The first-order valence-corrected chi connectivity index (χ1v) is 5.94. The van der Waals surface area contributed by atoms with Crippen molar-refractivity contribution >= 4 is 24.1 Å². The van der Waals surface area contributed by atoms with Crippen LogP contribution in [0.2, 0.25) is 0 Å². The lowest BCUT2D eigenvalue weighted by Gasteiger charge is -2.13. The zero-order valence-electron chi connectivity index (χ0n) is 10.3. The normalized spacial score (nSPS) is 14.8. The molecule has 7 nitrogen and oxygen atoms in total. The van der Waals surface area contributed by atoms with Gasteiger partial charge in [-0.05, 0) is 6.42 Å². The van der Waals surface area contributed by atoms with Crippen LogP contribution in [0.5, 0.6) is 0 Å². The largest absolute Gasteiger partial charge is 0.481 e. The van der Waals surface area contributed by atoms with Gasteiger partial charge in [0.05, 0.1) is 0 Å². The third-order valence-corrected chi connectivity index (χ3v) is 2.56. The Balaban J connectivity index is 2.40. The molecule has 0 radical (unpaired) electrons. The van der Waals surface area contributed by atoms with Gasteiger partial charge in [-0.3, -0.25) is 14.6 Å². The van der Waals surface area contributed by atoms with Crippen molar-refractivity contribution in [1.82, 2.24) is 5.32 Å². The fraction of sp³-hybridized carbons (Fsp3) is 0.500. The number of aliphatic imine (C=N–C) groups is 1. The first-order valence-electron chi connectivity index (χ1n) is 5.94. The molecule has 0 aromatic rings. The Labute approximate surface area is 110 Å². The van der Waals surface area contributed by atoms with Crippen LogP contribution >= 0.6 is 0 Å². The summed E-state index contributed by atoms with van der Waals surface area (Å²) >= 11 is 0. The SMILES string of the molecule is O=C(O)CCCC(=O)NC(CC1=CCC=N1)C(=O)O. The van der Waals surface area contributed by atoms with E-state index >= 15 is 0 Å². The van der Waals surface area contributed by atoms with E-state index in [1.54, 1.807) is 12.3 Å². The average Bonchev–Trinajstić information content (AvgIpc) is 2.80. The maximum atomic E-state index is 11.5. The smallest absolute Gasteiger partial charge is 0.326 e. The summed E-state index contributed by atoms with van der Waals surface area (Å²) in [7, 11) is 0. The lowest BCUT2D eigenvalue weighted by Crippen LogP contribution is -2.40. The van der Waals surface area contributed by atoms with Crippen LogP contribution in [0.4, 0.5) is 0 Å². The van der Waals surface area contributed by atoms with Crippen molar-refractivity contribution in [2.75, 3.05) is 0 Å². The van der Waals surface area contributed by atoms with Crippen molar-refractivity contribution in [3.05, 3.63) is 11.8 Å². The monoisotopic (exact) mass is 268 g/mol. The van der Waals surface area contributed by atoms with Gasteiger partial charge in [0.25, 0.3) is 0 Å². The summed E-state index contributed by atoms with van der Waals surface area (Å²) in [6.07, 6.45) is 4.35. The molecule has 1 atom stereocenters. The van der Waals surface area contributed by atoms with E-state index < -0.39 is 23.9 Å². The molecule has 0 aliphatic carbocycles. The minimum atomic E-state index is -1.13. The molecule has 1 amide bonds. The van der Waals surface area contributed by atoms with Gasteiger partial charge >= 0.3 is 11.9 Å². The van der Waals surface area contributed by atoms with E-state index in [1.165, 1.54) is 0 Å². The quantitative estimate of drug-likeness (QED) is 0.594. The molecule has 19 heavy (non-hydrogen) atoms. The molecule has 1 unspecified atom stereocenters. The standard InChI is InChI=1S/C12H16N2O5/c15-10(4-1-5-11(16)17)14-9(12(18)19)7-8-3-2-6-13-8/h3,6,9H,1-2,4-5,7H2,(H,14,15)(H,16,17)(H,18,19). The van der Waals surface area contributed by atoms with Gasteiger partial charge in [0.1, 0.15) is 6.04 Å². The molecule has 1 aliphatic heterocycles. The average molecular weight is 268 g/mol. The maximum absolute atomic E-state index is 11.5. The van der Waals surface area contributed by atoms with E-state index in [9.17, 15) is 14.4 Å². The number of rotatable bonds is 8. The lowest BCUT2D eigenvalue weighted by molar-refractivity contribution is -0.142. The third-order valence-electron chi connectivity index (χ3n) is 2.56. The van der Waals surface area contributed by atoms with Crippen molar-refractivity contribution in [3.63, 3.8) is 0 Å². The highest BCUT2D eigenvalue weighted by Crippen LogP contribution is 2.13.